The summed E-state index contributed by atoms with van der Waals surface area (Å²) in [5.41, 5.74) is -1.34. The fraction of sp³-hybridized carbons (Fsp3) is 0.706. The third-order valence-electron chi connectivity index (χ3n) is 5.86. The van der Waals surface area contributed by atoms with Crippen molar-refractivity contribution in [1.29, 1.82) is 0 Å². The molecule has 0 bridgehead atoms. The lowest BCUT2D eigenvalue weighted by Gasteiger charge is -2.34. The van der Waals surface area contributed by atoms with Crippen LogP contribution in [0.1, 0.15) is 32.1 Å². The monoisotopic (exact) mass is 375 g/mol. The van der Waals surface area contributed by atoms with Gasteiger partial charge in [-0.1, -0.05) is 0 Å². The molecule has 2 heterocycles. The summed E-state index contributed by atoms with van der Waals surface area (Å²) in [6, 6.07) is -0.467. The maximum atomic E-state index is 13.0. The van der Waals surface area contributed by atoms with Gasteiger partial charge in [0.25, 0.3) is 5.78 Å². The van der Waals surface area contributed by atoms with Crippen LogP contribution in [-0.2, 0) is 23.9 Å². The van der Waals surface area contributed by atoms with E-state index < -0.39 is 41.3 Å². The second kappa shape index (κ2) is 6.28. The predicted molar refractivity (Wildman–Crippen MR) is 81.6 cm³/mol. The molecule has 2 aliphatic heterocycles. The van der Waals surface area contributed by atoms with Crippen LogP contribution in [0.25, 0.3) is 0 Å². The molecule has 0 amide bonds. The van der Waals surface area contributed by atoms with Crippen molar-refractivity contribution in [3.63, 3.8) is 0 Å². The molecule has 1 aliphatic carbocycles. The zero-order chi connectivity index (χ0) is 19.3. The highest BCUT2D eigenvalue weighted by Crippen LogP contribution is 2.60. The fourth-order valence-electron chi connectivity index (χ4n) is 4.96. The second-order valence-corrected chi connectivity index (χ2v) is 6.92. The standard InChI is InChI=1S/C17H20F3NO5/c1-25-12(22)8-16(15(24)26-2)10-6-5-9(14(23)17(18,19)20)13(10)21-7-3-4-11(16)21/h10-11H,3-8H2,1-2H3. The number of ether oxygens (including phenoxy) is 2. The fourth-order valence-corrected chi connectivity index (χ4v) is 4.96. The third kappa shape index (κ3) is 2.51. The normalized spacial score (nSPS) is 30.3. The first-order chi connectivity index (χ1) is 12.2. The molecule has 0 spiro atoms. The number of alkyl halides is 3. The molecular formula is C17H20F3NO5. The van der Waals surface area contributed by atoms with Crippen molar-refractivity contribution in [2.45, 2.75) is 44.3 Å². The number of rotatable bonds is 4. The maximum Gasteiger partial charge on any atom is 0.454 e. The number of allylic oxidation sites excluding steroid dienone is 2. The molecule has 3 aliphatic rings. The van der Waals surface area contributed by atoms with Crippen LogP contribution in [-0.4, -0.2) is 55.6 Å². The van der Waals surface area contributed by atoms with Crippen LogP contribution in [0.3, 0.4) is 0 Å². The summed E-state index contributed by atoms with van der Waals surface area (Å²) in [7, 11) is 2.39. The average Bonchev–Trinajstić information content (AvgIpc) is 3.27. The molecule has 2 fully saturated rings. The molecule has 3 unspecified atom stereocenters. The molecule has 0 aromatic rings. The van der Waals surface area contributed by atoms with Crippen LogP contribution in [0.4, 0.5) is 13.2 Å². The number of nitrogens with zero attached hydrogens (tertiary/aromatic N) is 1. The Hall–Kier alpha value is -2.06. The minimum atomic E-state index is -4.97. The number of hydrogen-bond acceptors (Lipinski definition) is 6. The molecule has 0 saturated carbocycles. The number of carbonyl (C=O) groups excluding carboxylic acids is 3. The van der Waals surface area contributed by atoms with E-state index >= 15 is 0 Å². The van der Waals surface area contributed by atoms with Crippen molar-refractivity contribution in [2.24, 2.45) is 11.3 Å². The molecule has 9 heteroatoms. The Morgan fingerprint density at radius 1 is 1.19 bits per heavy atom. The topological polar surface area (TPSA) is 72.9 Å². The predicted octanol–water partition coefficient (Wildman–Crippen LogP) is 1.98. The Labute approximate surface area is 148 Å². The number of ketones is 1. The Bertz CT molecular complexity index is 686. The summed E-state index contributed by atoms with van der Waals surface area (Å²) < 4.78 is 48.7. The highest BCUT2D eigenvalue weighted by Gasteiger charge is 2.66. The quantitative estimate of drug-likeness (QED) is 0.700. The molecule has 144 valence electrons. The van der Waals surface area contributed by atoms with E-state index in [0.717, 1.165) is 0 Å². The Kier molecular flexibility index (Phi) is 4.52. The molecule has 6 nitrogen and oxygen atoms in total. The highest BCUT2D eigenvalue weighted by atomic mass is 19.4. The van der Waals surface area contributed by atoms with Gasteiger partial charge in [-0.3, -0.25) is 14.4 Å². The van der Waals surface area contributed by atoms with Crippen molar-refractivity contribution in [3.05, 3.63) is 11.3 Å². The van der Waals surface area contributed by atoms with E-state index in [0.29, 0.717) is 19.4 Å². The first-order valence-electron chi connectivity index (χ1n) is 8.45. The summed E-state index contributed by atoms with van der Waals surface area (Å²) in [6.07, 6.45) is -3.91. The lowest BCUT2D eigenvalue weighted by molar-refractivity contribution is -0.166. The molecule has 3 rings (SSSR count). The van der Waals surface area contributed by atoms with E-state index in [-0.39, 0.29) is 30.5 Å². The lowest BCUT2D eigenvalue weighted by atomic mass is 9.68. The highest BCUT2D eigenvalue weighted by molar-refractivity contribution is 6.01. The minimum absolute atomic E-state index is 0.0680. The molecule has 2 saturated heterocycles. The largest absolute Gasteiger partial charge is 0.469 e. The van der Waals surface area contributed by atoms with Crippen LogP contribution in [0.2, 0.25) is 0 Å². The summed E-state index contributed by atoms with van der Waals surface area (Å²) in [5, 5.41) is 0. The first kappa shape index (κ1) is 18.7. The van der Waals surface area contributed by atoms with E-state index in [2.05, 4.69) is 0 Å². The lowest BCUT2D eigenvalue weighted by Crippen LogP contribution is -2.47. The van der Waals surface area contributed by atoms with E-state index in [1.54, 1.807) is 4.90 Å². The van der Waals surface area contributed by atoms with Crippen molar-refractivity contribution >= 4 is 17.7 Å². The first-order valence-corrected chi connectivity index (χ1v) is 8.45. The smallest absolute Gasteiger partial charge is 0.454 e. The van der Waals surface area contributed by atoms with Crippen molar-refractivity contribution in [2.75, 3.05) is 20.8 Å². The van der Waals surface area contributed by atoms with Crippen LogP contribution in [0.15, 0.2) is 11.3 Å². The molecule has 3 atom stereocenters. The average molecular weight is 375 g/mol. The molecule has 0 aromatic heterocycles. The van der Waals surface area contributed by atoms with Gasteiger partial charge in [-0.05, 0) is 25.7 Å². The van der Waals surface area contributed by atoms with Crippen LogP contribution in [0, 0.1) is 11.3 Å². The van der Waals surface area contributed by atoms with Crippen molar-refractivity contribution in [3.8, 4) is 0 Å². The number of halogens is 3. The summed E-state index contributed by atoms with van der Waals surface area (Å²) >= 11 is 0. The van der Waals surface area contributed by atoms with Gasteiger partial charge in [-0.15, -0.1) is 0 Å². The van der Waals surface area contributed by atoms with E-state index in [1.807, 2.05) is 0 Å². The maximum absolute atomic E-state index is 13.0. The summed E-state index contributed by atoms with van der Waals surface area (Å²) in [6.45, 7) is 0.449. The van der Waals surface area contributed by atoms with Gasteiger partial charge in [0.15, 0.2) is 0 Å². The summed E-state index contributed by atoms with van der Waals surface area (Å²) in [5.74, 6) is -3.78. The Morgan fingerprint density at radius 3 is 2.46 bits per heavy atom. The van der Waals surface area contributed by atoms with Gasteiger partial charge >= 0.3 is 18.1 Å². The van der Waals surface area contributed by atoms with Gasteiger partial charge in [-0.2, -0.15) is 13.2 Å². The SMILES string of the molecule is COC(=O)CC1(C(=O)OC)C2CCC(C(=O)C(F)(F)F)=C2N2CCCC21. The number of carbonyl (C=O) groups is 3. The Morgan fingerprint density at radius 2 is 1.88 bits per heavy atom. The number of esters is 2. The molecule has 0 aromatic carbocycles. The van der Waals surface area contributed by atoms with Crippen LogP contribution >= 0.6 is 0 Å². The minimum Gasteiger partial charge on any atom is -0.469 e. The van der Waals surface area contributed by atoms with Gasteiger partial charge in [-0.25, -0.2) is 0 Å². The number of hydrogen-bond donors (Lipinski definition) is 0. The van der Waals surface area contributed by atoms with E-state index in [9.17, 15) is 27.6 Å². The molecular weight excluding hydrogens is 355 g/mol. The number of Topliss-reactive ketones (excluding diaryl/α,β-unsaturated/α-hetero) is 1. The van der Waals surface area contributed by atoms with Gasteiger partial charge in [0, 0.05) is 29.8 Å². The van der Waals surface area contributed by atoms with Crippen LogP contribution in [0.5, 0.6) is 0 Å². The third-order valence-corrected chi connectivity index (χ3v) is 5.86. The van der Waals surface area contributed by atoms with Crippen LogP contribution < -0.4 is 0 Å². The zero-order valence-electron chi connectivity index (χ0n) is 14.5. The number of fused-ring (bicyclic) bond motifs is 3. The van der Waals surface area contributed by atoms with Gasteiger partial charge < -0.3 is 14.4 Å². The van der Waals surface area contributed by atoms with Crippen molar-refractivity contribution in [1.82, 2.24) is 4.90 Å². The van der Waals surface area contributed by atoms with Gasteiger partial charge in [0.1, 0.15) is 5.41 Å². The van der Waals surface area contributed by atoms with E-state index in [1.165, 1.54) is 14.2 Å². The second-order valence-electron chi connectivity index (χ2n) is 6.92. The molecule has 26 heavy (non-hydrogen) atoms. The van der Waals surface area contributed by atoms with Crippen molar-refractivity contribution < 1.29 is 37.0 Å². The number of methoxy groups -OCH3 is 2. The van der Waals surface area contributed by atoms with Gasteiger partial charge in [0.2, 0.25) is 0 Å². The zero-order valence-corrected chi connectivity index (χ0v) is 14.5. The molecule has 0 radical (unpaired) electrons. The van der Waals surface area contributed by atoms with E-state index in [4.69, 9.17) is 9.47 Å². The Balaban J connectivity index is 2.14. The molecule has 0 N–H and O–H groups in total. The van der Waals surface area contributed by atoms with Gasteiger partial charge in [0.05, 0.1) is 20.6 Å². The summed E-state index contributed by atoms with van der Waals surface area (Å²) in [4.78, 5) is 38.4.